The summed E-state index contributed by atoms with van der Waals surface area (Å²) in [6, 6.07) is 6.63. The van der Waals surface area contributed by atoms with Gasteiger partial charge in [0.15, 0.2) is 5.60 Å². The van der Waals surface area contributed by atoms with Crippen molar-refractivity contribution in [2.45, 2.75) is 57.7 Å². The van der Waals surface area contributed by atoms with Gasteiger partial charge in [-0.05, 0) is 38.4 Å². The highest BCUT2D eigenvalue weighted by atomic mass is 16.6. The van der Waals surface area contributed by atoms with Crippen LogP contribution in [0.4, 0.5) is 5.69 Å². The smallest absolute Gasteiger partial charge is 0.332 e. The summed E-state index contributed by atoms with van der Waals surface area (Å²) < 4.78 is 5.86. The van der Waals surface area contributed by atoms with E-state index in [0.29, 0.717) is 5.56 Å². The van der Waals surface area contributed by atoms with E-state index in [2.05, 4.69) is 23.7 Å². The fraction of sp³-hybridized carbons (Fsp3) is 0.435. The molecule has 1 spiro atoms. The summed E-state index contributed by atoms with van der Waals surface area (Å²) in [6.07, 6.45) is 4.94. The maximum atomic E-state index is 12.1. The molecule has 1 aromatic carbocycles. The van der Waals surface area contributed by atoms with Gasteiger partial charge in [0.25, 0.3) is 5.69 Å². The van der Waals surface area contributed by atoms with Crippen LogP contribution >= 0.6 is 0 Å². The number of hydrogen-bond acceptors (Lipinski definition) is 5. The molecule has 5 rings (SSSR count). The van der Waals surface area contributed by atoms with Gasteiger partial charge in [0, 0.05) is 46.5 Å². The molecule has 0 radical (unpaired) electrons. The molecule has 0 amide bonds. The van der Waals surface area contributed by atoms with Crippen LogP contribution in [0.15, 0.2) is 47.1 Å². The Labute approximate surface area is 170 Å². The van der Waals surface area contributed by atoms with Gasteiger partial charge in [0.05, 0.1) is 11.0 Å². The lowest BCUT2D eigenvalue weighted by Gasteiger charge is -2.43. The number of nitro groups is 1. The van der Waals surface area contributed by atoms with Gasteiger partial charge in [-0.2, -0.15) is 0 Å². The molecule has 0 saturated carbocycles. The Morgan fingerprint density at radius 1 is 1.21 bits per heavy atom. The van der Waals surface area contributed by atoms with Crippen molar-refractivity contribution in [3.05, 3.63) is 62.7 Å². The minimum atomic E-state index is -0.587. The van der Waals surface area contributed by atoms with Crippen LogP contribution in [0.25, 0.3) is 0 Å². The summed E-state index contributed by atoms with van der Waals surface area (Å²) in [6.45, 7) is 7.18. The molecule has 29 heavy (non-hydrogen) atoms. The van der Waals surface area contributed by atoms with Gasteiger partial charge < -0.3 is 4.74 Å². The number of benzene rings is 1. The maximum Gasteiger partial charge on any atom is 0.332 e. The van der Waals surface area contributed by atoms with E-state index in [0.717, 1.165) is 36.1 Å². The van der Waals surface area contributed by atoms with Crippen molar-refractivity contribution < 1.29 is 14.5 Å². The van der Waals surface area contributed by atoms with Gasteiger partial charge in [0.2, 0.25) is 0 Å². The SMILES string of the molecule is CC.C[C@H]1C2=C(C#Cc3ccc([N+](=O)[O-])cc3)C3=CC(=O)O[C@]32C2CCCCN21. The van der Waals surface area contributed by atoms with Crippen molar-refractivity contribution in [3.8, 4) is 11.8 Å². The average molecular weight is 392 g/mol. The number of nitro benzene ring substituents is 1. The third-order valence-electron chi connectivity index (χ3n) is 6.20. The van der Waals surface area contributed by atoms with Crippen LogP contribution in [0.3, 0.4) is 0 Å². The number of nitrogens with zero attached hydrogens (tertiary/aromatic N) is 2. The van der Waals surface area contributed by atoms with E-state index < -0.39 is 10.5 Å². The zero-order valence-corrected chi connectivity index (χ0v) is 16.9. The van der Waals surface area contributed by atoms with E-state index in [1.165, 1.54) is 18.6 Å². The minimum Gasteiger partial charge on any atom is -0.445 e. The number of piperidine rings is 1. The van der Waals surface area contributed by atoms with Gasteiger partial charge in [0.1, 0.15) is 0 Å². The lowest BCUT2D eigenvalue weighted by molar-refractivity contribution is -0.384. The van der Waals surface area contributed by atoms with Gasteiger partial charge in [-0.25, -0.2) is 4.79 Å². The molecule has 4 aliphatic rings. The van der Waals surface area contributed by atoms with Crippen molar-refractivity contribution >= 4 is 11.7 Å². The van der Waals surface area contributed by atoms with Crippen molar-refractivity contribution in [1.29, 1.82) is 0 Å². The molecule has 3 heterocycles. The quantitative estimate of drug-likeness (QED) is 0.315. The second-order valence-corrected chi connectivity index (χ2v) is 7.48. The number of fused-ring (bicyclic) bond motifs is 1. The molecule has 6 nitrogen and oxygen atoms in total. The first-order valence-corrected chi connectivity index (χ1v) is 10.2. The number of esters is 1. The largest absolute Gasteiger partial charge is 0.445 e. The van der Waals surface area contributed by atoms with E-state index in [-0.39, 0.29) is 23.7 Å². The highest BCUT2D eigenvalue weighted by Crippen LogP contribution is 2.61. The summed E-state index contributed by atoms with van der Waals surface area (Å²) in [5.41, 5.74) is 3.11. The number of non-ortho nitro benzene ring substituents is 1. The molecule has 1 aliphatic carbocycles. The highest BCUT2D eigenvalue weighted by molar-refractivity contribution is 5.94. The van der Waals surface area contributed by atoms with Crippen LogP contribution in [0.5, 0.6) is 0 Å². The number of ether oxygens (including phenoxy) is 1. The third-order valence-corrected chi connectivity index (χ3v) is 6.20. The Morgan fingerprint density at radius 3 is 2.62 bits per heavy atom. The van der Waals surface area contributed by atoms with E-state index in [1.54, 1.807) is 18.2 Å². The van der Waals surface area contributed by atoms with E-state index >= 15 is 0 Å². The fourth-order valence-electron chi connectivity index (χ4n) is 5.10. The number of carbonyl (C=O) groups excluding carboxylic acids is 1. The Hall–Kier alpha value is -2.91. The number of rotatable bonds is 1. The summed E-state index contributed by atoms with van der Waals surface area (Å²) in [5, 5.41) is 10.8. The van der Waals surface area contributed by atoms with Crippen LogP contribution < -0.4 is 0 Å². The summed E-state index contributed by atoms with van der Waals surface area (Å²) in [4.78, 5) is 24.9. The predicted molar refractivity (Wildman–Crippen MR) is 109 cm³/mol. The molecule has 0 bridgehead atoms. The number of hydrogen-bond donors (Lipinski definition) is 0. The fourth-order valence-corrected chi connectivity index (χ4v) is 5.10. The summed E-state index contributed by atoms with van der Waals surface area (Å²) in [5.74, 6) is 6.03. The Balaban J connectivity index is 0.000000994. The Morgan fingerprint density at radius 2 is 1.93 bits per heavy atom. The summed E-state index contributed by atoms with van der Waals surface area (Å²) >= 11 is 0. The highest BCUT2D eigenvalue weighted by Gasteiger charge is 2.68. The second kappa shape index (κ2) is 7.16. The van der Waals surface area contributed by atoms with Crippen molar-refractivity contribution in [1.82, 2.24) is 4.90 Å². The predicted octanol–water partition coefficient (Wildman–Crippen LogP) is 3.76. The van der Waals surface area contributed by atoms with E-state index in [1.807, 2.05) is 13.8 Å². The van der Waals surface area contributed by atoms with Crippen LogP contribution in [0.1, 0.15) is 45.6 Å². The summed E-state index contributed by atoms with van der Waals surface area (Å²) in [7, 11) is 0. The molecule has 1 unspecified atom stereocenters. The van der Waals surface area contributed by atoms with Gasteiger partial charge in [-0.3, -0.25) is 15.0 Å². The first-order valence-electron chi connectivity index (χ1n) is 10.2. The second-order valence-electron chi connectivity index (χ2n) is 7.48. The van der Waals surface area contributed by atoms with Crippen molar-refractivity contribution in [2.75, 3.05) is 6.54 Å². The van der Waals surface area contributed by atoms with E-state index in [9.17, 15) is 14.9 Å². The van der Waals surface area contributed by atoms with Gasteiger partial charge in [-0.15, -0.1) is 0 Å². The molecular weight excluding hydrogens is 368 g/mol. The van der Waals surface area contributed by atoms with Gasteiger partial charge >= 0.3 is 5.97 Å². The molecule has 2 fully saturated rings. The Bertz CT molecular complexity index is 996. The standard InChI is InChI=1S/C21H18N2O4.C2H6/c1-13-20-16(10-7-14-5-8-15(9-6-14)23(25)26)17-12-19(24)27-21(17,20)18-4-2-3-11-22(13)18;1-2/h5-6,8-9,12-13,18H,2-4,11H2,1H3;1-2H3/t13-,18?,21-;/m0./s1. The first-order chi connectivity index (χ1) is 14.0. The molecule has 0 N–H and O–H groups in total. The molecule has 0 aromatic heterocycles. The van der Waals surface area contributed by atoms with Crippen molar-refractivity contribution in [2.24, 2.45) is 0 Å². The normalized spacial score (nSPS) is 29.1. The molecule has 1 aromatic rings. The van der Waals surface area contributed by atoms with Crippen LogP contribution in [-0.4, -0.2) is 40.0 Å². The Kier molecular flexibility index (Phi) is 4.79. The molecule has 3 aliphatic heterocycles. The van der Waals surface area contributed by atoms with Crippen molar-refractivity contribution in [3.63, 3.8) is 0 Å². The molecule has 3 atom stereocenters. The monoisotopic (exact) mass is 392 g/mol. The molecule has 2 saturated heterocycles. The number of carbonyl (C=O) groups is 1. The third kappa shape index (κ3) is 2.72. The molecule has 150 valence electrons. The zero-order valence-electron chi connectivity index (χ0n) is 16.9. The minimum absolute atomic E-state index is 0.0454. The van der Waals surface area contributed by atoms with Crippen LogP contribution in [0.2, 0.25) is 0 Å². The zero-order chi connectivity index (χ0) is 20.8. The first kappa shape index (κ1) is 19.4. The van der Waals surface area contributed by atoms with Crippen LogP contribution in [-0.2, 0) is 9.53 Å². The molecule has 6 heteroatoms. The maximum absolute atomic E-state index is 12.1. The topological polar surface area (TPSA) is 72.7 Å². The van der Waals surface area contributed by atoms with Gasteiger partial charge in [-0.1, -0.05) is 32.1 Å². The van der Waals surface area contributed by atoms with Crippen LogP contribution in [0, 0.1) is 22.0 Å². The van der Waals surface area contributed by atoms with E-state index in [4.69, 9.17) is 4.74 Å². The average Bonchev–Trinajstić information content (AvgIpc) is 3.14. The lowest BCUT2D eigenvalue weighted by Crippen LogP contribution is -2.52. The lowest BCUT2D eigenvalue weighted by atomic mass is 9.65. The molecular formula is C23H24N2O4.